The molecule has 0 spiro atoms. The summed E-state index contributed by atoms with van der Waals surface area (Å²) in [6, 6.07) is 0. The lowest BCUT2D eigenvalue weighted by atomic mass is 10.3. The van der Waals surface area contributed by atoms with Crippen LogP contribution in [0.5, 0.6) is 0 Å². The summed E-state index contributed by atoms with van der Waals surface area (Å²) in [4.78, 5) is 0. The standard InChI is InChI=1S/C16H28O4Si/c1-5-9-11-15-19-21(17-13-7-3,18-14-8-4)20-16-12-10-6-2/h5-8H,1-4,9-16H2. The molecule has 0 atom stereocenters. The largest absolute Gasteiger partial charge is 0.680 e. The molecule has 5 heteroatoms. The SMILES string of the molecule is C=CCCCO[Si](OCC=C)(OCC=C)OCCCC=C. The van der Waals surface area contributed by atoms with Gasteiger partial charge < -0.3 is 17.7 Å². The third-order valence-corrected chi connectivity index (χ3v) is 4.57. The summed E-state index contributed by atoms with van der Waals surface area (Å²) in [7, 11) is -3.15. The van der Waals surface area contributed by atoms with Gasteiger partial charge in [-0.3, -0.25) is 0 Å². The number of hydrogen-bond donors (Lipinski definition) is 0. The third kappa shape index (κ3) is 10.4. The lowest BCUT2D eigenvalue weighted by molar-refractivity contribution is -0.0245. The van der Waals surface area contributed by atoms with Crippen molar-refractivity contribution in [3.05, 3.63) is 50.6 Å². The Kier molecular flexibility index (Phi) is 13.3. The Balaban J connectivity index is 4.56. The molecule has 0 aromatic heterocycles. The van der Waals surface area contributed by atoms with Crippen molar-refractivity contribution in [3.8, 4) is 0 Å². The summed E-state index contributed by atoms with van der Waals surface area (Å²) in [5.74, 6) is 0. The number of hydrogen-bond acceptors (Lipinski definition) is 4. The average Bonchev–Trinajstić information content (AvgIpc) is 2.51. The highest BCUT2D eigenvalue weighted by Gasteiger charge is 2.45. The minimum Gasteiger partial charge on any atom is -0.351 e. The zero-order chi connectivity index (χ0) is 15.8. The van der Waals surface area contributed by atoms with E-state index in [1.165, 1.54) is 0 Å². The fourth-order valence-corrected chi connectivity index (χ4v) is 3.35. The second kappa shape index (κ2) is 14.0. The number of rotatable bonds is 16. The first-order valence-electron chi connectivity index (χ1n) is 7.24. The van der Waals surface area contributed by atoms with E-state index in [4.69, 9.17) is 17.7 Å². The van der Waals surface area contributed by atoms with E-state index in [0.29, 0.717) is 26.4 Å². The zero-order valence-corrected chi connectivity index (χ0v) is 13.9. The van der Waals surface area contributed by atoms with Crippen molar-refractivity contribution in [2.24, 2.45) is 0 Å². The molecule has 0 unspecified atom stereocenters. The Labute approximate surface area is 130 Å². The number of unbranched alkanes of at least 4 members (excludes halogenated alkanes) is 2. The van der Waals surface area contributed by atoms with E-state index >= 15 is 0 Å². The van der Waals surface area contributed by atoms with Crippen LogP contribution in [0.1, 0.15) is 25.7 Å². The van der Waals surface area contributed by atoms with Gasteiger partial charge in [-0.05, 0) is 25.7 Å². The van der Waals surface area contributed by atoms with Crippen LogP contribution in [0.15, 0.2) is 50.6 Å². The van der Waals surface area contributed by atoms with Crippen LogP contribution >= 0.6 is 0 Å². The van der Waals surface area contributed by atoms with Crippen molar-refractivity contribution in [3.63, 3.8) is 0 Å². The molecule has 0 aromatic carbocycles. The molecule has 21 heavy (non-hydrogen) atoms. The first-order chi connectivity index (χ1) is 10.2. The van der Waals surface area contributed by atoms with Gasteiger partial charge in [-0.1, -0.05) is 24.3 Å². The Morgan fingerprint density at radius 3 is 1.38 bits per heavy atom. The Bertz CT molecular complexity index is 275. The van der Waals surface area contributed by atoms with Crippen molar-refractivity contribution < 1.29 is 17.7 Å². The second-order valence-corrected chi connectivity index (χ2v) is 6.41. The third-order valence-electron chi connectivity index (χ3n) is 2.42. The van der Waals surface area contributed by atoms with Crippen LogP contribution in [0.2, 0.25) is 0 Å². The van der Waals surface area contributed by atoms with E-state index < -0.39 is 9.05 Å². The topological polar surface area (TPSA) is 36.9 Å². The minimum atomic E-state index is -3.15. The number of allylic oxidation sites excluding steroid dienone is 2. The maximum atomic E-state index is 5.82. The molecule has 120 valence electrons. The lowest BCUT2D eigenvalue weighted by Gasteiger charge is -2.27. The molecule has 0 aliphatic heterocycles. The van der Waals surface area contributed by atoms with Crippen LogP contribution in [0.25, 0.3) is 0 Å². The molecule has 0 aliphatic carbocycles. The highest BCUT2D eigenvalue weighted by Crippen LogP contribution is 2.14. The van der Waals surface area contributed by atoms with Gasteiger partial charge in [-0.15, -0.1) is 26.3 Å². The zero-order valence-electron chi connectivity index (χ0n) is 12.9. The van der Waals surface area contributed by atoms with Gasteiger partial charge in [0, 0.05) is 13.2 Å². The molecule has 0 rings (SSSR count). The fraction of sp³-hybridized carbons (Fsp3) is 0.500. The maximum Gasteiger partial charge on any atom is 0.680 e. The van der Waals surface area contributed by atoms with Gasteiger partial charge in [0.1, 0.15) is 0 Å². The Hall–Kier alpha value is -0.983. The lowest BCUT2D eigenvalue weighted by Crippen LogP contribution is -2.50. The average molecular weight is 312 g/mol. The van der Waals surface area contributed by atoms with Crippen molar-refractivity contribution >= 4 is 9.05 Å². The first kappa shape index (κ1) is 20.0. The van der Waals surface area contributed by atoms with Crippen LogP contribution in [0.3, 0.4) is 0 Å². The van der Waals surface area contributed by atoms with Gasteiger partial charge in [0.05, 0.1) is 13.2 Å². The maximum absolute atomic E-state index is 5.82. The molecule has 0 saturated heterocycles. The van der Waals surface area contributed by atoms with Crippen molar-refractivity contribution in [2.75, 3.05) is 26.4 Å². The monoisotopic (exact) mass is 312 g/mol. The summed E-state index contributed by atoms with van der Waals surface area (Å²) in [5.41, 5.74) is 0. The van der Waals surface area contributed by atoms with Gasteiger partial charge in [0.2, 0.25) is 0 Å². The Morgan fingerprint density at radius 1 is 0.619 bits per heavy atom. The van der Waals surface area contributed by atoms with E-state index in [1.807, 2.05) is 12.2 Å². The Morgan fingerprint density at radius 2 is 1.05 bits per heavy atom. The normalized spacial score (nSPS) is 11.0. The van der Waals surface area contributed by atoms with Gasteiger partial charge in [0.25, 0.3) is 0 Å². The van der Waals surface area contributed by atoms with E-state index in [-0.39, 0.29) is 0 Å². The predicted molar refractivity (Wildman–Crippen MR) is 88.8 cm³/mol. The molecule has 0 heterocycles. The van der Waals surface area contributed by atoms with Gasteiger partial charge in [-0.2, -0.15) is 0 Å². The van der Waals surface area contributed by atoms with Crippen LogP contribution in [-0.2, 0) is 17.7 Å². The molecular formula is C16H28O4Si. The summed E-state index contributed by atoms with van der Waals surface area (Å²) in [5, 5.41) is 0. The molecule has 4 nitrogen and oxygen atoms in total. The molecule has 0 aliphatic rings. The molecule has 0 saturated carbocycles. The molecule has 0 fully saturated rings. The first-order valence-corrected chi connectivity index (χ1v) is 8.87. The van der Waals surface area contributed by atoms with Crippen molar-refractivity contribution in [1.29, 1.82) is 0 Å². The van der Waals surface area contributed by atoms with E-state index in [0.717, 1.165) is 25.7 Å². The molecule has 0 radical (unpaired) electrons. The highest BCUT2D eigenvalue weighted by atomic mass is 28.4. The smallest absolute Gasteiger partial charge is 0.351 e. The minimum absolute atomic E-state index is 0.326. The van der Waals surface area contributed by atoms with E-state index in [9.17, 15) is 0 Å². The van der Waals surface area contributed by atoms with Crippen LogP contribution in [0, 0.1) is 0 Å². The second-order valence-electron chi connectivity index (χ2n) is 4.26. The van der Waals surface area contributed by atoms with Crippen LogP contribution in [-0.4, -0.2) is 35.5 Å². The van der Waals surface area contributed by atoms with E-state index in [1.54, 1.807) is 12.2 Å². The quantitative estimate of drug-likeness (QED) is 0.247. The molecule has 0 bridgehead atoms. The summed E-state index contributed by atoms with van der Waals surface area (Å²) >= 11 is 0. The van der Waals surface area contributed by atoms with Crippen molar-refractivity contribution in [2.45, 2.75) is 25.7 Å². The summed E-state index contributed by atoms with van der Waals surface area (Å²) in [6.07, 6.45) is 10.5. The molecule has 0 amide bonds. The summed E-state index contributed by atoms with van der Waals surface area (Å²) < 4.78 is 23.0. The molecule has 0 aromatic rings. The van der Waals surface area contributed by atoms with Gasteiger partial charge >= 0.3 is 9.05 Å². The highest BCUT2D eigenvalue weighted by molar-refractivity contribution is 6.53. The summed E-state index contributed by atoms with van der Waals surface area (Å²) in [6.45, 7) is 16.3. The van der Waals surface area contributed by atoms with Crippen molar-refractivity contribution in [1.82, 2.24) is 0 Å². The molecule has 0 N–H and O–H groups in total. The van der Waals surface area contributed by atoms with Gasteiger partial charge in [-0.25, -0.2) is 0 Å². The van der Waals surface area contributed by atoms with Gasteiger partial charge in [0.15, 0.2) is 0 Å². The van der Waals surface area contributed by atoms with Crippen LogP contribution in [0.4, 0.5) is 0 Å². The molecular weight excluding hydrogens is 284 g/mol. The van der Waals surface area contributed by atoms with E-state index in [2.05, 4.69) is 26.3 Å². The predicted octanol–water partition coefficient (Wildman–Crippen LogP) is 3.79. The van der Waals surface area contributed by atoms with Crippen LogP contribution < -0.4 is 0 Å². The fourth-order valence-electron chi connectivity index (χ4n) is 1.42.